The van der Waals surface area contributed by atoms with Gasteiger partial charge in [-0.1, -0.05) is 0 Å². The van der Waals surface area contributed by atoms with E-state index in [0.717, 1.165) is 0 Å². The van der Waals surface area contributed by atoms with E-state index in [0.29, 0.717) is 0 Å². The molecular weight excluding hydrogens is 188 g/mol. The minimum atomic E-state index is -0.933. The SMILES string of the molecule is CCOC(=O)[C@H](CCC(=O)O)NNC. The molecule has 0 heterocycles. The summed E-state index contributed by atoms with van der Waals surface area (Å²) in [6.45, 7) is 1.99. The third-order valence-corrected chi connectivity index (χ3v) is 1.54. The van der Waals surface area contributed by atoms with E-state index in [-0.39, 0.29) is 19.4 Å². The molecule has 0 amide bonds. The fourth-order valence-electron chi connectivity index (χ4n) is 0.934. The van der Waals surface area contributed by atoms with Crippen LogP contribution in [-0.2, 0) is 14.3 Å². The number of nitrogens with one attached hydrogen (secondary N) is 2. The first kappa shape index (κ1) is 12.9. The Labute approximate surface area is 82.6 Å². The molecule has 0 unspecified atom stereocenters. The Balaban J connectivity index is 3.99. The van der Waals surface area contributed by atoms with Crippen LogP contribution in [0, 0.1) is 0 Å². The maximum atomic E-state index is 11.2. The Morgan fingerprint density at radius 2 is 2.14 bits per heavy atom. The number of carboxylic acids is 1. The third kappa shape index (κ3) is 5.50. The molecule has 0 aromatic heterocycles. The van der Waals surface area contributed by atoms with Crippen molar-refractivity contribution < 1.29 is 19.4 Å². The molecule has 0 aliphatic carbocycles. The first-order chi connectivity index (χ1) is 6.61. The number of carbonyl (C=O) groups excluding carboxylic acids is 1. The van der Waals surface area contributed by atoms with Crippen LogP contribution >= 0.6 is 0 Å². The summed E-state index contributed by atoms with van der Waals surface area (Å²) >= 11 is 0. The topological polar surface area (TPSA) is 87.7 Å². The van der Waals surface area contributed by atoms with Gasteiger partial charge < -0.3 is 9.84 Å². The third-order valence-electron chi connectivity index (χ3n) is 1.54. The van der Waals surface area contributed by atoms with Gasteiger partial charge in [0.1, 0.15) is 6.04 Å². The van der Waals surface area contributed by atoms with Gasteiger partial charge in [0.05, 0.1) is 6.61 Å². The molecule has 14 heavy (non-hydrogen) atoms. The van der Waals surface area contributed by atoms with Crippen LogP contribution in [0.25, 0.3) is 0 Å². The van der Waals surface area contributed by atoms with Gasteiger partial charge in [-0.25, -0.2) is 5.43 Å². The summed E-state index contributed by atoms with van der Waals surface area (Å²) in [5, 5.41) is 8.44. The van der Waals surface area contributed by atoms with E-state index in [1.54, 1.807) is 14.0 Å². The zero-order chi connectivity index (χ0) is 11.0. The highest BCUT2D eigenvalue weighted by atomic mass is 16.5. The summed E-state index contributed by atoms with van der Waals surface area (Å²) in [7, 11) is 1.60. The molecule has 0 spiro atoms. The standard InChI is InChI=1S/C8H16N2O4/c1-3-14-8(13)6(10-9-2)4-5-7(11)12/h6,9-10H,3-5H2,1-2H3,(H,11,12)/t6-/m0/s1. The summed E-state index contributed by atoms with van der Waals surface area (Å²) in [5.74, 6) is -1.37. The van der Waals surface area contributed by atoms with Crippen molar-refractivity contribution in [3.05, 3.63) is 0 Å². The molecule has 82 valence electrons. The second kappa shape index (κ2) is 7.28. The monoisotopic (exact) mass is 204 g/mol. The predicted molar refractivity (Wildman–Crippen MR) is 49.5 cm³/mol. The van der Waals surface area contributed by atoms with Crippen LogP contribution in [0.5, 0.6) is 0 Å². The number of hydrogen-bond donors (Lipinski definition) is 3. The Hall–Kier alpha value is -1.14. The molecule has 0 radical (unpaired) electrons. The summed E-state index contributed by atoms with van der Waals surface area (Å²) in [4.78, 5) is 21.5. The fraction of sp³-hybridized carbons (Fsp3) is 0.750. The van der Waals surface area contributed by atoms with Crippen LogP contribution in [0.4, 0.5) is 0 Å². The Bertz CT molecular complexity index is 196. The van der Waals surface area contributed by atoms with E-state index in [9.17, 15) is 9.59 Å². The fourth-order valence-corrected chi connectivity index (χ4v) is 0.934. The second-order valence-corrected chi connectivity index (χ2v) is 2.63. The van der Waals surface area contributed by atoms with E-state index in [4.69, 9.17) is 9.84 Å². The van der Waals surface area contributed by atoms with Crippen LogP contribution in [0.2, 0.25) is 0 Å². The highest BCUT2D eigenvalue weighted by Crippen LogP contribution is 1.99. The average molecular weight is 204 g/mol. The quantitative estimate of drug-likeness (QED) is 0.383. The Kier molecular flexibility index (Phi) is 6.69. The lowest BCUT2D eigenvalue weighted by Gasteiger charge is -2.15. The molecule has 0 saturated carbocycles. The van der Waals surface area contributed by atoms with Crippen LogP contribution < -0.4 is 10.9 Å². The lowest BCUT2D eigenvalue weighted by Crippen LogP contribution is -2.44. The van der Waals surface area contributed by atoms with Crippen molar-refractivity contribution in [1.29, 1.82) is 0 Å². The molecule has 1 atom stereocenters. The van der Waals surface area contributed by atoms with Crippen molar-refractivity contribution >= 4 is 11.9 Å². The van der Waals surface area contributed by atoms with Gasteiger partial charge in [0.2, 0.25) is 0 Å². The van der Waals surface area contributed by atoms with Crippen molar-refractivity contribution in [3.63, 3.8) is 0 Å². The van der Waals surface area contributed by atoms with Gasteiger partial charge in [-0.05, 0) is 20.4 Å². The van der Waals surface area contributed by atoms with Crippen molar-refractivity contribution in [2.24, 2.45) is 0 Å². The second-order valence-electron chi connectivity index (χ2n) is 2.63. The van der Waals surface area contributed by atoms with Crippen molar-refractivity contribution in [3.8, 4) is 0 Å². The zero-order valence-corrected chi connectivity index (χ0v) is 8.37. The number of aliphatic carboxylic acids is 1. The zero-order valence-electron chi connectivity index (χ0n) is 8.37. The predicted octanol–water partition coefficient (Wildman–Crippen LogP) is -0.493. The average Bonchev–Trinajstić information content (AvgIpc) is 2.12. The number of hydrazine groups is 1. The molecule has 0 bridgehead atoms. The highest BCUT2D eigenvalue weighted by molar-refractivity contribution is 5.76. The minimum Gasteiger partial charge on any atom is -0.481 e. The number of carboxylic acid groups (broad SMARTS) is 1. The van der Waals surface area contributed by atoms with Gasteiger partial charge in [-0.2, -0.15) is 0 Å². The lowest BCUT2D eigenvalue weighted by molar-refractivity contribution is -0.146. The summed E-state index contributed by atoms with van der Waals surface area (Å²) in [6.07, 6.45) is 0.132. The first-order valence-electron chi connectivity index (χ1n) is 4.42. The van der Waals surface area contributed by atoms with Crippen molar-refractivity contribution in [2.45, 2.75) is 25.8 Å². The van der Waals surface area contributed by atoms with Crippen LogP contribution in [0.1, 0.15) is 19.8 Å². The first-order valence-corrected chi connectivity index (χ1v) is 4.42. The summed E-state index contributed by atoms with van der Waals surface area (Å²) in [5.41, 5.74) is 5.22. The normalized spacial score (nSPS) is 12.1. The van der Waals surface area contributed by atoms with Crippen LogP contribution in [0.3, 0.4) is 0 Å². The smallest absolute Gasteiger partial charge is 0.324 e. The molecule has 0 saturated heterocycles. The number of carbonyl (C=O) groups is 2. The van der Waals surface area contributed by atoms with Crippen molar-refractivity contribution in [2.75, 3.05) is 13.7 Å². The molecule has 6 nitrogen and oxygen atoms in total. The molecule has 0 aliphatic heterocycles. The number of rotatable bonds is 7. The maximum absolute atomic E-state index is 11.2. The van der Waals surface area contributed by atoms with Gasteiger partial charge >= 0.3 is 11.9 Å². The van der Waals surface area contributed by atoms with Crippen LogP contribution in [-0.4, -0.2) is 36.7 Å². The minimum absolute atomic E-state index is 0.0713. The molecule has 0 aromatic rings. The molecule has 3 N–H and O–H groups in total. The van der Waals surface area contributed by atoms with Crippen LogP contribution in [0.15, 0.2) is 0 Å². The molecule has 6 heteroatoms. The molecule has 0 fully saturated rings. The summed E-state index contributed by atoms with van der Waals surface area (Å²) in [6, 6.07) is -0.615. The molecule has 0 aromatic carbocycles. The number of ether oxygens (including phenoxy) is 1. The van der Waals surface area contributed by atoms with Gasteiger partial charge in [-0.15, -0.1) is 0 Å². The molecular formula is C8H16N2O4. The number of hydrogen-bond acceptors (Lipinski definition) is 5. The molecule has 0 aliphatic rings. The van der Waals surface area contributed by atoms with E-state index < -0.39 is 18.0 Å². The van der Waals surface area contributed by atoms with Gasteiger partial charge in [0.25, 0.3) is 0 Å². The van der Waals surface area contributed by atoms with E-state index >= 15 is 0 Å². The molecule has 0 rings (SSSR count). The largest absolute Gasteiger partial charge is 0.481 e. The van der Waals surface area contributed by atoms with Gasteiger partial charge in [-0.3, -0.25) is 15.0 Å². The Morgan fingerprint density at radius 3 is 2.57 bits per heavy atom. The van der Waals surface area contributed by atoms with Crippen molar-refractivity contribution in [1.82, 2.24) is 10.9 Å². The number of esters is 1. The van der Waals surface area contributed by atoms with Gasteiger partial charge in [0, 0.05) is 6.42 Å². The van der Waals surface area contributed by atoms with E-state index in [1.165, 1.54) is 0 Å². The van der Waals surface area contributed by atoms with E-state index in [2.05, 4.69) is 10.9 Å². The maximum Gasteiger partial charge on any atom is 0.324 e. The highest BCUT2D eigenvalue weighted by Gasteiger charge is 2.19. The van der Waals surface area contributed by atoms with Gasteiger partial charge in [0.15, 0.2) is 0 Å². The Morgan fingerprint density at radius 1 is 1.50 bits per heavy atom. The lowest BCUT2D eigenvalue weighted by atomic mass is 10.2. The summed E-state index contributed by atoms with van der Waals surface area (Å²) < 4.78 is 4.75. The van der Waals surface area contributed by atoms with E-state index in [1.807, 2.05) is 0 Å².